The zero-order valence-electron chi connectivity index (χ0n) is 22.1. The Balaban J connectivity index is 1.38. The van der Waals surface area contributed by atoms with Gasteiger partial charge in [0.2, 0.25) is 5.65 Å². The van der Waals surface area contributed by atoms with Crippen LogP contribution in [0.1, 0.15) is 68.6 Å². The molecular formula is C27H30N8O3S. The molecule has 0 spiro atoms. The summed E-state index contributed by atoms with van der Waals surface area (Å²) in [5.41, 5.74) is 4.69. The van der Waals surface area contributed by atoms with E-state index in [2.05, 4.69) is 42.4 Å². The van der Waals surface area contributed by atoms with Crippen LogP contribution in [-0.4, -0.2) is 48.9 Å². The van der Waals surface area contributed by atoms with Crippen LogP contribution >= 0.6 is 0 Å². The SMILES string of the molecule is CCS(=O)(=O)c1ccc(CNc2nc3nnc(-c4c(C)ncnc4C4CC4)cc3n(C(C)C3CC3)c2=O)nc1. The molecule has 4 heterocycles. The Bertz CT molecular complexity index is 1730. The van der Waals surface area contributed by atoms with Crippen LogP contribution in [0.3, 0.4) is 0 Å². The van der Waals surface area contributed by atoms with Gasteiger partial charge in [-0.25, -0.2) is 23.4 Å². The number of hydrogen-bond acceptors (Lipinski definition) is 10. The number of fused-ring (bicyclic) bond motifs is 1. The molecule has 0 aliphatic heterocycles. The fraction of sp³-hybridized carbons (Fsp3) is 0.444. The molecule has 1 unspecified atom stereocenters. The van der Waals surface area contributed by atoms with E-state index >= 15 is 0 Å². The maximum Gasteiger partial charge on any atom is 0.294 e. The number of sulfone groups is 1. The first kappa shape index (κ1) is 25.5. The number of nitrogens with one attached hydrogen (secondary N) is 1. The van der Waals surface area contributed by atoms with Gasteiger partial charge in [0.15, 0.2) is 15.7 Å². The van der Waals surface area contributed by atoms with E-state index in [-0.39, 0.29) is 34.6 Å². The fourth-order valence-electron chi connectivity index (χ4n) is 4.96. The minimum atomic E-state index is -3.33. The maximum atomic E-state index is 13.8. The molecule has 1 atom stereocenters. The van der Waals surface area contributed by atoms with Crippen molar-refractivity contribution in [2.75, 3.05) is 11.1 Å². The fourth-order valence-corrected chi connectivity index (χ4v) is 5.78. The average molecular weight is 547 g/mol. The highest BCUT2D eigenvalue weighted by Crippen LogP contribution is 2.44. The number of aryl methyl sites for hydroxylation is 1. The van der Waals surface area contributed by atoms with Crippen LogP contribution in [-0.2, 0) is 16.4 Å². The predicted molar refractivity (Wildman–Crippen MR) is 146 cm³/mol. The van der Waals surface area contributed by atoms with Crippen molar-refractivity contribution in [1.82, 2.24) is 34.7 Å². The van der Waals surface area contributed by atoms with Gasteiger partial charge in [0.05, 0.1) is 45.5 Å². The highest BCUT2D eigenvalue weighted by atomic mass is 32.2. The van der Waals surface area contributed by atoms with E-state index in [0.717, 1.165) is 42.6 Å². The smallest absolute Gasteiger partial charge is 0.294 e. The molecule has 0 amide bonds. The molecule has 12 heteroatoms. The number of nitrogens with zero attached hydrogens (tertiary/aromatic N) is 7. The Morgan fingerprint density at radius 1 is 1.10 bits per heavy atom. The Morgan fingerprint density at radius 3 is 2.56 bits per heavy atom. The molecule has 0 saturated heterocycles. The second-order valence-corrected chi connectivity index (χ2v) is 12.7. The molecule has 6 rings (SSSR count). The number of pyridine rings is 1. The van der Waals surface area contributed by atoms with Crippen molar-refractivity contribution in [2.24, 2.45) is 5.92 Å². The summed E-state index contributed by atoms with van der Waals surface area (Å²) in [5, 5.41) is 12.0. The van der Waals surface area contributed by atoms with Gasteiger partial charge in [0.25, 0.3) is 5.56 Å². The molecule has 2 aliphatic rings. The zero-order valence-corrected chi connectivity index (χ0v) is 22.9. The van der Waals surface area contributed by atoms with Crippen molar-refractivity contribution in [2.45, 2.75) is 69.9 Å². The first-order chi connectivity index (χ1) is 18.8. The molecule has 2 saturated carbocycles. The van der Waals surface area contributed by atoms with Gasteiger partial charge < -0.3 is 5.32 Å². The monoisotopic (exact) mass is 546 g/mol. The minimum Gasteiger partial charge on any atom is -0.360 e. The second kappa shape index (κ2) is 9.74. The number of aromatic nitrogens is 7. The lowest BCUT2D eigenvalue weighted by atomic mass is 10.0. The highest BCUT2D eigenvalue weighted by Gasteiger charge is 2.33. The molecule has 39 heavy (non-hydrogen) atoms. The van der Waals surface area contributed by atoms with Gasteiger partial charge in [-0.05, 0) is 63.6 Å². The molecule has 0 aromatic carbocycles. The minimum absolute atomic E-state index is 0.00746. The third kappa shape index (κ3) is 4.88. The number of rotatable bonds is 9. The van der Waals surface area contributed by atoms with Crippen LogP contribution in [0.4, 0.5) is 5.82 Å². The number of hydrogen-bond donors (Lipinski definition) is 1. The third-order valence-corrected chi connectivity index (χ3v) is 9.34. The molecule has 0 radical (unpaired) electrons. The van der Waals surface area contributed by atoms with Gasteiger partial charge in [-0.3, -0.25) is 14.3 Å². The van der Waals surface area contributed by atoms with Crippen LogP contribution in [0.5, 0.6) is 0 Å². The molecule has 4 aromatic heterocycles. The summed E-state index contributed by atoms with van der Waals surface area (Å²) < 4.78 is 25.9. The predicted octanol–water partition coefficient (Wildman–Crippen LogP) is 3.60. The Morgan fingerprint density at radius 2 is 1.90 bits per heavy atom. The molecule has 2 aliphatic carbocycles. The summed E-state index contributed by atoms with van der Waals surface area (Å²) in [6.07, 6.45) is 7.26. The van der Waals surface area contributed by atoms with Crippen LogP contribution in [0, 0.1) is 12.8 Å². The van der Waals surface area contributed by atoms with Crippen LogP contribution in [0.15, 0.2) is 40.4 Å². The zero-order chi connectivity index (χ0) is 27.3. The summed E-state index contributed by atoms with van der Waals surface area (Å²) >= 11 is 0. The lowest BCUT2D eigenvalue weighted by molar-refractivity contribution is 0.485. The van der Waals surface area contributed by atoms with E-state index in [4.69, 9.17) is 0 Å². The van der Waals surface area contributed by atoms with Crippen molar-refractivity contribution in [1.29, 1.82) is 0 Å². The van der Waals surface area contributed by atoms with Gasteiger partial charge >= 0.3 is 0 Å². The summed E-state index contributed by atoms with van der Waals surface area (Å²) in [4.78, 5) is 31.7. The van der Waals surface area contributed by atoms with Crippen molar-refractivity contribution in [3.05, 3.63) is 58.2 Å². The summed E-state index contributed by atoms with van der Waals surface area (Å²) in [6, 6.07) is 5.02. The van der Waals surface area contributed by atoms with E-state index in [0.29, 0.717) is 34.4 Å². The van der Waals surface area contributed by atoms with Crippen LogP contribution < -0.4 is 10.9 Å². The van der Waals surface area contributed by atoms with E-state index in [1.165, 1.54) is 12.3 Å². The van der Waals surface area contributed by atoms with Gasteiger partial charge in [-0.2, -0.15) is 0 Å². The third-order valence-electron chi connectivity index (χ3n) is 7.63. The molecule has 4 aromatic rings. The first-order valence-corrected chi connectivity index (χ1v) is 15.0. The van der Waals surface area contributed by atoms with Crippen LogP contribution in [0.25, 0.3) is 22.4 Å². The Hall–Kier alpha value is -3.80. The molecule has 202 valence electrons. The maximum absolute atomic E-state index is 13.8. The summed E-state index contributed by atoms with van der Waals surface area (Å²) in [6.45, 7) is 5.80. The van der Waals surface area contributed by atoms with Crippen molar-refractivity contribution >= 4 is 26.8 Å². The topological polar surface area (TPSA) is 146 Å². The van der Waals surface area contributed by atoms with Gasteiger partial charge in [-0.15, -0.1) is 10.2 Å². The van der Waals surface area contributed by atoms with Crippen LogP contribution in [0.2, 0.25) is 0 Å². The highest BCUT2D eigenvalue weighted by molar-refractivity contribution is 7.91. The van der Waals surface area contributed by atoms with E-state index < -0.39 is 9.84 Å². The largest absolute Gasteiger partial charge is 0.360 e. The molecular weight excluding hydrogens is 516 g/mol. The average Bonchev–Trinajstić information content (AvgIpc) is 3.85. The van der Waals surface area contributed by atoms with Gasteiger partial charge in [0, 0.05) is 23.7 Å². The standard InChI is InChI=1S/C27H30N8O3S/c1-4-39(37,38)20-10-9-19(28-13-20)12-29-26-27(36)35(16(3)17-5-6-17)22-11-21(33-34-25(22)32-26)23-15(2)30-14-31-24(23)18-7-8-18/h9-11,13-14,16-18H,4-8,12H2,1-3H3,(H,29,32,34). The van der Waals surface area contributed by atoms with Gasteiger partial charge in [0.1, 0.15) is 6.33 Å². The molecule has 2 fully saturated rings. The normalized spacial score (nSPS) is 16.4. The van der Waals surface area contributed by atoms with Crippen molar-refractivity contribution in [3.8, 4) is 11.3 Å². The quantitative estimate of drug-likeness (QED) is 0.330. The van der Waals surface area contributed by atoms with Gasteiger partial charge in [-0.1, -0.05) is 6.92 Å². The second-order valence-electron chi connectivity index (χ2n) is 10.4. The Kier molecular flexibility index (Phi) is 6.37. The van der Waals surface area contributed by atoms with E-state index in [1.54, 1.807) is 23.9 Å². The molecule has 1 N–H and O–H groups in total. The van der Waals surface area contributed by atoms with E-state index in [9.17, 15) is 13.2 Å². The number of anilines is 1. The molecule has 11 nitrogen and oxygen atoms in total. The summed E-state index contributed by atoms with van der Waals surface area (Å²) in [7, 11) is -3.33. The van der Waals surface area contributed by atoms with Crippen molar-refractivity contribution < 1.29 is 8.42 Å². The lowest BCUT2D eigenvalue weighted by Gasteiger charge is -2.19. The molecule has 0 bridgehead atoms. The first-order valence-electron chi connectivity index (χ1n) is 13.3. The van der Waals surface area contributed by atoms with Crippen molar-refractivity contribution in [3.63, 3.8) is 0 Å². The lowest BCUT2D eigenvalue weighted by Crippen LogP contribution is -2.29. The Labute approximate surface area is 226 Å². The van der Waals surface area contributed by atoms with E-state index in [1.807, 2.05) is 13.0 Å². The summed E-state index contributed by atoms with van der Waals surface area (Å²) in [5.74, 6) is 0.979.